The molecule has 180 valence electrons. The first-order valence-electron chi connectivity index (χ1n) is 12.0. The number of nitrogens with one attached hydrogen (secondary N) is 1. The first-order valence-corrected chi connectivity index (χ1v) is 12.0. The number of hydrogen-bond donors (Lipinski definition) is 2. The Balaban J connectivity index is 1.15. The zero-order valence-electron chi connectivity index (χ0n) is 19.4. The number of ether oxygens (including phenoxy) is 1. The minimum absolute atomic E-state index is 0.00662. The van der Waals surface area contributed by atoms with E-state index in [0.717, 1.165) is 6.42 Å². The van der Waals surface area contributed by atoms with Gasteiger partial charge in [0, 0.05) is 17.9 Å². The predicted octanol–water partition coefficient (Wildman–Crippen LogP) is 3.49. The highest BCUT2D eigenvalue weighted by atomic mass is 16.5. The van der Waals surface area contributed by atoms with Crippen molar-refractivity contribution in [2.24, 2.45) is 17.8 Å². The summed E-state index contributed by atoms with van der Waals surface area (Å²) >= 11 is 0. The van der Waals surface area contributed by atoms with Crippen LogP contribution < -0.4 is 5.32 Å². The number of amides is 2. The van der Waals surface area contributed by atoms with Gasteiger partial charge in [-0.1, -0.05) is 54.5 Å². The molecule has 35 heavy (non-hydrogen) atoms. The normalized spacial score (nSPS) is 23.7. The van der Waals surface area contributed by atoms with Crippen molar-refractivity contribution in [3.63, 3.8) is 0 Å². The minimum Gasteiger partial charge on any atom is -0.480 e. The SMILES string of the molecule is C#CCN(CC(=O)O)C(=O)C1C[C@H]2C[C@@H](NC(=O)OCC3c4ccccc4-c4ccccc43)[C@H]2C1. The van der Waals surface area contributed by atoms with Crippen LogP contribution in [0.4, 0.5) is 4.79 Å². The van der Waals surface area contributed by atoms with Crippen LogP contribution in [-0.2, 0) is 14.3 Å². The number of aliphatic carboxylic acids is 1. The smallest absolute Gasteiger partial charge is 0.407 e. The van der Waals surface area contributed by atoms with Gasteiger partial charge in [-0.05, 0) is 53.4 Å². The number of terminal acetylenes is 1. The van der Waals surface area contributed by atoms with E-state index < -0.39 is 18.6 Å². The van der Waals surface area contributed by atoms with Crippen LogP contribution in [0.1, 0.15) is 36.3 Å². The van der Waals surface area contributed by atoms with Crippen LogP contribution in [0.15, 0.2) is 48.5 Å². The fourth-order valence-electron chi connectivity index (χ4n) is 6.13. The van der Waals surface area contributed by atoms with Crippen LogP contribution in [-0.4, -0.2) is 53.7 Å². The summed E-state index contributed by atoms with van der Waals surface area (Å²) in [4.78, 5) is 37.8. The molecular formula is C28H28N2O5. The summed E-state index contributed by atoms with van der Waals surface area (Å²) < 4.78 is 5.67. The fourth-order valence-corrected chi connectivity index (χ4v) is 6.13. The number of carboxylic acids is 1. The average Bonchev–Trinajstić information content (AvgIpc) is 3.35. The third-order valence-corrected chi connectivity index (χ3v) is 7.74. The molecule has 5 rings (SSSR count). The first-order chi connectivity index (χ1) is 17.0. The Morgan fingerprint density at radius 3 is 2.31 bits per heavy atom. The lowest BCUT2D eigenvalue weighted by Gasteiger charge is -2.40. The molecule has 3 aliphatic carbocycles. The van der Waals surface area contributed by atoms with Gasteiger partial charge in [0.05, 0.1) is 6.54 Å². The van der Waals surface area contributed by atoms with E-state index in [1.54, 1.807) is 0 Å². The average molecular weight is 473 g/mol. The Kier molecular flexibility index (Phi) is 6.21. The summed E-state index contributed by atoms with van der Waals surface area (Å²) in [5.74, 6) is 1.37. The predicted molar refractivity (Wildman–Crippen MR) is 129 cm³/mol. The lowest BCUT2D eigenvalue weighted by atomic mass is 9.71. The first kappa shape index (κ1) is 23.0. The molecule has 3 aliphatic rings. The zero-order chi connectivity index (χ0) is 24.5. The number of fused-ring (bicyclic) bond motifs is 4. The molecule has 0 bridgehead atoms. The Bertz CT molecular complexity index is 1160. The van der Waals surface area contributed by atoms with Crippen molar-refractivity contribution >= 4 is 18.0 Å². The number of carbonyl (C=O) groups is 3. The topological polar surface area (TPSA) is 95.9 Å². The minimum atomic E-state index is -1.08. The lowest BCUT2D eigenvalue weighted by Crippen LogP contribution is -2.50. The molecule has 0 aromatic heterocycles. The van der Waals surface area contributed by atoms with Crippen LogP contribution >= 0.6 is 0 Å². The van der Waals surface area contributed by atoms with Gasteiger partial charge in [-0.3, -0.25) is 9.59 Å². The molecule has 2 N–H and O–H groups in total. The number of alkyl carbamates (subject to hydrolysis) is 1. The van der Waals surface area contributed by atoms with Gasteiger partial charge in [0.15, 0.2) is 0 Å². The maximum atomic E-state index is 12.8. The highest BCUT2D eigenvalue weighted by molar-refractivity contribution is 5.84. The van der Waals surface area contributed by atoms with Gasteiger partial charge in [-0.15, -0.1) is 6.42 Å². The van der Waals surface area contributed by atoms with Crippen molar-refractivity contribution in [1.29, 1.82) is 0 Å². The second-order valence-corrected chi connectivity index (χ2v) is 9.70. The molecule has 0 radical (unpaired) electrons. The van der Waals surface area contributed by atoms with E-state index in [1.807, 2.05) is 24.3 Å². The molecule has 1 unspecified atom stereocenters. The molecule has 2 saturated carbocycles. The molecule has 2 aromatic carbocycles. The maximum Gasteiger partial charge on any atom is 0.407 e. The summed E-state index contributed by atoms with van der Waals surface area (Å²) in [6, 6.07) is 16.4. The Morgan fingerprint density at radius 1 is 1.03 bits per heavy atom. The van der Waals surface area contributed by atoms with Crippen LogP contribution in [0, 0.1) is 30.1 Å². The van der Waals surface area contributed by atoms with E-state index in [1.165, 1.54) is 27.2 Å². The fraction of sp³-hybridized carbons (Fsp3) is 0.393. The summed E-state index contributed by atoms with van der Waals surface area (Å²) in [5.41, 5.74) is 4.70. The lowest BCUT2D eigenvalue weighted by molar-refractivity contribution is -0.145. The summed E-state index contributed by atoms with van der Waals surface area (Å²) in [6.07, 6.45) is 7.00. The number of nitrogens with zero attached hydrogens (tertiary/aromatic N) is 1. The number of hydrogen-bond acceptors (Lipinski definition) is 4. The third-order valence-electron chi connectivity index (χ3n) is 7.74. The Labute approximate surface area is 204 Å². The van der Waals surface area contributed by atoms with Gasteiger partial charge in [0.2, 0.25) is 5.91 Å². The molecular weight excluding hydrogens is 444 g/mol. The second-order valence-electron chi connectivity index (χ2n) is 9.70. The van der Waals surface area contributed by atoms with Gasteiger partial charge in [-0.2, -0.15) is 0 Å². The largest absolute Gasteiger partial charge is 0.480 e. The molecule has 7 nitrogen and oxygen atoms in total. The van der Waals surface area contributed by atoms with E-state index in [9.17, 15) is 14.4 Å². The van der Waals surface area contributed by atoms with Crippen molar-refractivity contribution in [3.05, 3.63) is 59.7 Å². The highest BCUT2D eigenvalue weighted by Gasteiger charge is 2.50. The van der Waals surface area contributed by atoms with Crippen molar-refractivity contribution in [3.8, 4) is 23.5 Å². The molecule has 0 heterocycles. The van der Waals surface area contributed by atoms with E-state index in [0.29, 0.717) is 18.8 Å². The molecule has 0 saturated heterocycles. The summed E-state index contributed by atoms with van der Waals surface area (Å²) in [6.45, 7) is -0.146. The van der Waals surface area contributed by atoms with Crippen LogP contribution in [0.3, 0.4) is 0 Å². The van der Waals surface area contributed by atoms with Gasteiger partial charge < -0.3 is 20.1 Å². The van der Waals surface area contributed by atoms with E-state index >= 15 is 0 Å². The van der Waals surface area contributed by atoms with Crippen molar-refractivity contribution in [2.45, 2.75) is 31.2 Å². The number of carboxylic acid groups (broad SMARTS) is 1. The standard InChI is InChI=1S/C28H28N2O5/c1-2-11-30(15-26(31)32)27(33)18-12-17-14-25(23(17)13-18)29-28(34)35-16-24-21-9-5-3-7-19(21)20-8-4-6-10-22(20)24/h1,3-10,17-18,23-25H,11-16H2,(H,29,34)(H,31,32)/t17-,18?,23-,25+/m0/s1. The van der Waals surface area contributed by atoms with Gasteiger partial charge in [0.25, 0.3) is 0 Å². The number of rotatable bonds is 7. The van der Waals surface area contributed by atoms with E-state index in [4.69, 9.17) is 16.3 Å². The van der Waals surface area contributed by atoms with Gasteiger partial charge in [-0.25, -0.2) is 4.79 Å². The molecule has 2 aromatic rings. The molecule has 4 atom stereocenters. The van der Waals surface area contributed by atoms with Crippen molar-refractivity contribution in [2.75, 3.05) is 19.7 Å². The third kappa shape index (κ3) is 4.37. The van der Waals surface area contributed by atoms with Crippen molar-refractivity contribution in [1.82, 2.24) is 10.2 Å². The molecule has 2 amide bonds. The molecule has 0 aliphatic heterocycles. The van der Waals surface area contributed by atoms with E-state index in [2.05, 4.69) is 35.5 Å². The summed E-state index contributed by atoms with van der Waals surface area (Å²) in [5, 5.41) is 12.1. The molecule has 7 heteroatoms. The zero-order valence-corrected chi connectivity index (χ0v) is 19.4. The second kappa shape index (κ2) is 9.46. The molecule has 2 fully saturated rings. The van der Waals surface area contributed by atoms with Crippen LogP contribution in [0.25, 0.3) is 11.1 Å². The monoisotopic (exact) mass is 472 g/mol. The number of benzene rings is 2. The van der Waals surface area contributed by atoms with Crippen LogP contribution in [0.5, 0.6) is 0 Å². The number of carbonyl (C=O) groups excluding carboxylic acids is 2. The molecule has 0 spiro atoms. The summed E-state index contributed by atoms with van der Waals surface area (Å²) in [7, 11) is 0. The van der Waals surface area contributed by atoms with Gasteiger partial charge in [0.1, 0.15) is 13.2 Å². The Morgan fingerprint density at radius 2 is 1.69 bits per heavy atom. The quantitative estimate of drug-likeness (QED) is 0.602. The Hall–Kier alpha value is -3.79. The van der Waals surface area contributed by atoms with Gasteiger partial charge >= 0.3 is 12.1 Å². The highest BCUT2D eigenvalue weighted by Crippen LogP contribution is 2.50. The van der Waals surface area contributed by atoms with Crippen molar-refractivity contribution < 1.29 is 24.2 Å². The van der Waals surface area contributed by atoms with E-state index in [-0.39, 0.29) is 42.9 Å². The maximum absolute atomic E-state index is 12.8. The van der Waals surface area contributed by atoms with Crippen LogP contribution in [0.2, 0.25) is 0 Å².